The minimum atomic E-state index is -2.00. The predicted molar refractivity (Wildman–Crippen MR) is 103 cm³/mol. The Kier molecular flexibility index (Phi) is 7.13. The molecule has 1 rings (SSSR count). The predicted octanol–water partition coefficient (Wildman–Crippen LogP) is 3.70. The Morgan fingerprint density at radius 1 is 1.12 bits per heavy atom. The third-order valence-corrected chi connectivity index (χ3v) is 9.07. The second kappa shape index (κ2) is 8.23. The normalized spacial score (nSPS) is 13.5. The van der Waals surface area contributed by atoms with E-state index in [1.165, 1.54) is 0 Å². The van der Waals surface area contributed by atoms with Gasteiger partial charge in [0.1, 0.15) is 0 Å². The van der Waals surface area contributed by atoms with Gasteiger partial charge in [-0.1, -0.05) is 20.8 Å². The lowest BCUT2D eigenvalue weighted by Crippen LogP contribution is -2.44. The van der Waals surface area contributed by atoms with Crippen molar-refractivity contribution in [2.24, 2.45) is 5.73 Å². The summed E-state index contributed by atoms with van der Waals surface area (Å²) in [7, 11) is 1.32. The lowest BCUT2D eigenvalue weighted by molar-refractivity contribution is 0.353. The van der Waals surface area contributed by atoms with Gasteiger partial charge in [0.25, 0.3) is 8.32 Å². The second-order valence-corrected chi connectivity index (χ2v) is 12.3. The van der Waals surface area contributed by atoms with Gasteiger partial charge < -0.3 is 25.0 Å². The number of nitrogens with two attached hydrogens (primary N) is 1. The number of rotatable bonds is 8. The standard InChI is InChI=1S/C18H34N2O3Si/c1-13(20-10-9-19)14-11-15(21-5)17(16(12-14)22-6)23-24(7,8)18(2,3)4/h11-13,20H,9-10,19H2,1-8H3. The molecule has 0 aliphatic heterocycles. The van der Waals surface area contributed by atoms with Gasteiger partial charge in [0.2, 0.25) is 0 Å². The molecule has 0 spiro atoms. The van der Waals surface area contributed by atoms with Crippen molar-refractivity contribution < 1.29 is 13.9 Å². The molecule has 0 fully saturated rings. The van der Waals surface area contributed by atoms with Crippen LogP contribution in [0.15, 0.2) is 12.1 Å². The van der Waals surface area contributed by atoms with Gasteiger partial charge >= 0.3 is 0 Å². The average molecular weight is 355 g/mol. The summed E-state index contributed by atoms with van der Waals surface area (Å²) in [6.07, 6.45) is 0. The number of methoxy groups -OCH3 is 2. The molecule has 0 aliphatic carbocycles. The zero-order chi connectivity index (χ0) is 18.5. The Morgan fingerprint density at radius 3 is 2.00 bits per heavy atom. The molecule has 0 bridgehead atoms. The molecule has 138 valence electrons. The molecule has 24 heavy (non-hydrogen) atoms. The highest BCUT2D eigenvalue weighted by atomic mass is 28.4. The minimum Gasteiger partial charge on any atom is -0.539 e. The van der Waals surface area contributed by atoms with Crippen molar-refractivity contribution in [2.45, 2.75) is 51.9 Å². The Balaban J connectivity index is 3.26. The Morgan fingerprint density at radius 2 is 1.62 bits per heavy atom. The van der Waals surface area contributed by atoms with Crippen molar-refractivity contribution in [1.82, 2.24) is 5.32 Å². The SMILES string of the molecule is COc1cc(C(C)NCCN)cc(OC)c1O[Si](C)(C)C(C)(C)C. The maximum Gasteiger partial charge on any atom is 0.250 e. The fourth-order valence-electron chi connectivity index (χ4n) is 2.08. The molecular weight excluding hydrogens is 320 g/mol. The fourth-order valence-corrected chi connectivity index (χ4v) is 3.09. The quantitative estimate of drug-likeness (QED) is 0.697. The van der Waals surface area contributed by atoms with E-state index in [1.807, 2.05) is 12.1 Å². The molecule has 0 aliphatic rings. The third-order valence-electron chi connectivity index (χ3n) is 4.74. The molecule has 1 aromatic rings. The Hall–Kier alpha value is -1.24. The van der Waals surface area contributed by atoms with Crippen LogP contribution >= 0.6 is 0 Å². The number of benzene rings is 1. The molecule has 5 nitrogen and oxygen atoms in total. The van der Waals surface area contributed by atoms with Crippen LogP contribution in [-0.4, -0.2) is 35.6 Å². The first-order valence-corrected chi connectivity index (χ1v) is 11.4. The van der Waals surface area contributed by atoms with Gasteiger partial charge in [-0.05, 0) is 42.8 Å². The van der Waals surface area contributed by atoms with Crippen LogP contribution in [0.25, 0.3) is 0 Å². The highest BCUT2D eigenvalue weighted by Gasteiger charge is 2.40. The van der Waals surface area contributed by atoms with E-state index in [0.717, 1.165) is 12.1 Å². The van der Waals surface area contributed by atoms with E-state index < -0.39 is 8.32 Å². The molecule has 1 aromatic carbocycles. The van der Waals surface area contributed by atoms with Crippen LogP contribution in [0.5, 0.6) is 17.2 Å². The number of hydrogen-bond acceptors (Lipinski definition) is 5. The topological polar surface area (TPSA) is 65.7 Å². The van der Waals surface area contributed by atoms with Gasteiger partial charge in [0.15, 0.2) is 17.2 Å². The molecule has 6 heteroatoms. The molecule has 0 heterocycles. The van der Waals surface area contributed by atoms with E-state index in [0.29, 0.717) is 23.8 Å². The van der Waals surface area contributed by atoms with Crippen molar-refractivity contribution in [2.75, 3.05) is 27.3 Å². The monoisotopic (exact) mass is 354 g/mol. The fraction of sp³-hybridized carbons (Fsp3) is 0.667. The van der Waals surface area contributed by atoms with E-state index in [9.17, 15) is 0 Å². The summed E-state index contributed by atoms with van der Waals surface area (Å²) >= 11 is 0. The molecule has 3 N–H and O–H groups in total. The van der Waals surface area contributed by atoms with E-state index in [-0.39, 0.29) is 11.1 Å². The second-order valence-electron chi connectivity index (χ2n) is 7.58. The number of nitrogens with one attached hydrogen (secondary N) is 1. The summed E-state index contributed by atoms with van der Waals surface area (Å²) in [5.41, 5.74) is 6.66. The van der Waals surface area contributed by atoms with E-state index >= 15 is 0 Å². The maximum absolute atomic E-state index is 6.47. The van der Waals surface area contributed by atoms with Crippen LogP contribution < -0.4 is 25.0 Å². The molecule has 0 radical (unpaired) electrons. The zero-order valence-corrected chi connectivity index (χ0v) is 17.4. The van der Waals surface area contributed by atoms with E-state index in [1.54, 1.807) is 14.2 Å². The van der Waals surface area contributed by atoms with Crippen LogP contribution in [0.2, 0.25) is 18.1 Å². The van der Waals surface area contributed by atoms with Gasteiger partial charge in [-0.25, -0.2) is 0 Å². The number of hydrogen-bond donors (Lipinski definition) is 2. The first kappa shape index (κ1) is 20.8. The van der Waals surface area contributed by atoms with Crippen molar-refractivity contribution in [3.05, 3.63) is 17.7 Å². The molecular formula is C18H34N2O3Si. The number of ether oxygens (including phenoxy) is 2. The lowest BCUT2D eigenvalue weighted by Gasteiger charge is -2.37. The smallest absolute Gasteiger partial charge is 0.250 e. The van der Waals surface area contributed by atoms with Crippen LogP contribution in [0.4, 0.5) is 0 Å². The van der Waals surface area contributed by atoms with Crippen LogP contribution in [0, 0.1) is 0 Å². The van der Waals surface area contributed by atoms with E-state index in [2.05, 4.69) is 46.1 Å². The largest absolute Gasteiger partial charge is 0.539 e. The average Bonchev–Trinajstić information content (AvgIpc) is 2.51. The highest BCUT2D eigenvalue weighted by molar-refractivity contribution is 6.74. The molecule has 1 unspecified atom stereocenters. The first-order chi connectivity index (χ1) is 11.1. The highest BCUT2D eigenvalue weighted by Crippen LogP contribution is 2.45. The molecule has 1 atom stereocenters. The maximum atomic E-state index is 6.47. The molecule has 0 amide bonds. The van der Waals surface area contributed by atoms with Gasteiger partial charge in [0, 0.05) is 19.1 Å². The van der Waals surface area contributed by atoms with Crippen molar-refractivity contribution in [3.63, 3.8) is 0 Å². The molecule has 0 saturated carbocycles. The van der Waals surface area contributed by atoms with Gasteiger partial charge in [0.05, 0.1) is 14.2 Å². The Bertz CT molecular complexity index is 517. The summed E-state index contributed by atoms with van der Waals surface area (Å²) in [4.78, 5) is 0. The first-order valence-electron chi connectivity index (χ1n) is 8.45. The third kappa shape index (κ3) is 4.88. The summed E-state index contributed by atoms with van der Waals surface area (Å²) in [5, 5.41) is 3.47. The van der Waals surface area contributed by atoms with Gasteiger partial charge in [-0.2, -0.15) is 0 Å². The van der Waals surface area contributed by atoms with Gasteiger partial charge in [-0.3, -0.25) is 0 Å². The minimum absolute atomic E-state index is 0.0949. The summed E-state index contributed by atoms with van der Waals surface area (Å²) in [5.74, 6) is 2.10. The van der Waals surface area contributed by atoms with Crippen LogP contribution in [0.1, 0.15) is 39.3 Å². The van der Waals surface area contributed by atoms with Crippen LogP contribution in [0.3, 0.4) is 0 Å². The summed E-state index contributed by atoms with van der Waals surface area (Å²) in [6, 6.07) is 4.18. The molecule has 0 aromatic heterocycles. The summed E-state index contributed by atoms with van der Waals surface area (Å²) in [6.45, 7) is 14.5. The Labute approximate surface area is 148 Å². The summed E-state index contributed by atoms with van der Waals surface area (Å²) < 4.78 is 17.7. The zero-order valence-electron chi connectivity index (χ0n) is 16.4. The van der Waals surface area contributed by atoms with Crippen molar-refractivity contribution in [3.8, 4) is 17.2 Å². The van der Waals surface area contributed by atoms with Crippen LogP contribution in [-0.2, 0) is 0 Å². The van der Waals surface area contributed by atoms with E-state index in [4.69, 9.17) is 19.6 Å². The van der Waals surface area contributed by atoms with Crippen molar-refractivity contribution >= 4 is 8.32 Å². The lowest BCUT2D eigenvalue weighted by atomic mass is 10.1. The van der Waals surface area contributed by atoms with Gasteiger partial charge in [-0.15, -0.1) is 0 Å². The molecule has 0 saturated heterocycles. The van der Waals surface area contributed by atoms with Crippen molar-refractivity contribution in [1.29, 1.82) is 0 Å².